The summed E-state index contributed by atoms with van der Waals surface area (Å²) >= 11 is 0. The first kappa shape index (κ1) is 11.7. The number of carbonyl (C=O) groups is 1. The van der Waals surface area contributed by atoms with E-state index in [1.165, 1.54) is 10.7 Å². The van der Waals surface area contributed by atoms with Gasteiger partial charge in [0.1, 0.15) is 12.0 Å². The molecule has 0 aliphatic heterocycles. The van der Waals surface area contributed by atoms with Gasteiger partial charge in [0.25, 0.3) is 0 Å². The Kier molecular flexibility index (Phi) is 2.35. The summed E-state index contributed by atoms with van der Waals surface area (Å²) < 4.78 is 6.62. The molecule has 4 aromatic rings. The Balaban J connectivity index is 2.01. The van der Waals surface area contributed by atoms with E-state index < -0.39 is 5.97 Å². The third-order valence-electron chi connectivity index (χ3n) is 3.49. The molecule has 0 saturated heterocycles. The summed E-state index contributed by atoms with van der Waals surface area (Å²) in [5, 5.41) is 11.6. The van der Waals surface area contributed by atoms with Crippen LogP contribution in [-0.4, -0.2) is 20.5 Å². The molecule has 0 unspecified atom stereocenters. The smallest absolute Gasteiger partial charge is 0.355 e. The molecular weight excluding hydrogens is 268 g/mol. The highest BCUT2D eigenvalue weighted by Crippen LogP contribution is 2.28. The number of hydrogen-bond acceptors (Lipinski definition) is 3. The van der Waals surface area contributed by atoms with E-state index >= 15 is 0 Å². The van der Waals surface area contributed by atoms with Gasteiger partial charge in [-0.2, -0.15) is 4.98 Å². The van der Waals surface area contributed by atoms with Crippen molar-refractivity contribution in [3.63, 3.8) is 0 Å². The number of carboxylic acid groups (broad SMARTS) is 1. The number of oxazole rings is 1. The second-order valence-electron chi connectivity index (χ2n) is 4.73. The summed E-state index contributed by atoms with van der Waals surface area (Å²) in [4.78, 5) is 15.8. The van der Waals surface area contributed by atoms with Crippen molar-refractivity contribution in [2.45, 2.75) is 0 Å². The highest BCUT2D eigenvalue weighted by Gasteiger charge is 2.21. The van der Waals surface area contributed by atoms with Crippen LogP contribution in [0, 0.1) is 0 Å². The fraction of sp³-hybridized carbons (Fsp3) is 0. The quantitative estimate of drug-likeness (QED) is 0.610. The average molecular weight is 278 g/mol. The second kappa shape index (κ2) is 4.21. The predicted octanol–water partition coefficient (Wildman–Crippen LogP) is 3.45. The minimum atomic E-state index is -1.04. The molecule has 5 nitrogen and oxygen atoms in total. The average Bonchev–Trinajstić information content (AvgIpc) is 3.06. The molecule has 0 fully saturated rings. The number of carboxylic acids is 1. The zero-order valence-corrected chi connectivity index (χ0v) is 10.9. The highest BCUT2D eigenvalue weighted by molar-refractivity contribution is 5.96. The summed E-state index contributed by atoms with van der Waals surface area (Å²) in [6, 6.07) is 13.7. The van der Waals surface area contributed by atoms with Crippen LogP contribution in [0.25, 0.3) is 27.9 Å². The summed E-state index contributed by atoms with van der Waals surface area (Å²) in [6.07, 6.45) is 2.97. The molecule has 0 spiro atoms. The van der Waals surface area contributed by atoms with Gasteiger partial charge in [0.2, 0.25) is 0 Å². The minimum Gasteiger partial charge on any atom is -0.476 e. The Hall–Kier alpha value is -3.08. The Morgan fingerprint density at radius 3 is 2.76 bits per heavy atom. The zero-order valence-electron chi connectivity index (χ0n) is 10.9. The number of hydrogen-bond donors (Lipinski definition) is 1. The first-order valence-corrected chi connectivity index (χ1v) is 6.42. The molecule has 0 radical (unpaired) electrons. The molecule has 0 saturated carbocycles. The van der Waals surface area contributed by atoms with Gasteiger partial charge in [0.15, 0.2) is 5.69 Å². The highest BCUT2D eigenvalue weighted by atomic mass is 16.4. The van der Waals surface area contributed by atoms with E-state index in [9.17, 15) is 9.90 Å². The van der Waals surface area contributed by atoms with Gasteiger partial charge in [-0.1, -0.05) is 36.4 Å². The zero-order chi connectivity index (χ0) is 14.4. The van der Waals surface area contributed by atoms with Crippen molar-refractivity contribution in [1.82, 2.24) is 9.38 Å². The summed E-state index contributed by atoms with van der Waals surface area (Å²) in [7, 11) is 0. The van der Waals surface area contributed by atoms with Gasteiger partial charge < -0.3 is 9.52 Å². The van der Waals surface area contributed by atoms with Gasteiger partial charge in [-0.25, -0.2) is 4.79 Å². The molecule has 102 valence electrons. The lowest BCUT2D eigenvalue weighted by Crippen LogP contribution is -2.02. The molecule has 2 aromatic heterocycles. The third kappa shape index (κ3) is 1.71. The first-order chi connectivity index (χ1) is 10.2. The number of imidazole rings is 1. The van der Waals surface area contributed by atoms with Crippen LogP contribution in [0.15, 0.2) is 59.3 Å². The van der Waals surface area contributed by atoms with E-state index in [0.29, 0.717) is 5.69 Å². The van der Waals surface area contributed by atoms with Crippen LogP contribution >= 0.6 is 0 Å². The van der Waals surface area contributed by atoms with E-state index in [-0.39, 0.29) is 11.5 Å². The molecule has 0 bridgehead atoms. The molecule has 1 N–H and O–H groups in total. The monoisotopic (exact) mass is 278 g/mol. The molecule has 21 heavy (non-hydrogen) atoms. The molecule has 2 aromatic carbocycles. The Bertz CT molecular complexity index is 981. The Labute approximate surface area is 119 Å². The Morgan fingerprint density at radius 1 is 1.14 bits per heavy atom. The van der Waals surface area contributed by atoms with Crippen molar-refractivity contribution < 1.29 is 14.3 Å². The van der Waals surface area contributed by atoms with E-state index in [2.05, 4.69) is 4.98 Å². The van der Waals surface area contributed by atoms with Gasteiger partial charge >= 0.3 is 11.8 Å². The summed E-state index contributed by atoms with van der Waals surface area (Å²) in [5.74, 6) is -0.761. The number of nitrogens with zero attached hydrogens (tertiary/aromatic N) is 2. The van der Waals surface area contributed by atoms with Gasteiger partial charge in [0.05, 0.1) is 0 Å². The van der Waals surface area contributed by atoms with Crippen LogP contribution in [0.1, 0.15) is 10.5 Å². The maximum Gasteiger partial charge on any atom is 0.355 e. The maximum atomic E-state index is 11.5. The van der Waals surface area contributed by atoms with Crippen LogP contribution in [0.3, 0.4) is 0 Å². The van der Waals surface area contributed by atoms with Crippen molar-refractivity contribution in [2.24, 2.45) is 0 Å². The van der Waals surface area contributed by atoms with Gasteiger partial charge in [-0.15, -0.1) is 0 Å². The van der Waals surface area contributed by atoms with E-state index in [4.69, 9.17) is 4.42 Å². The molecule has 0 atom stereocenters. The summed E-state index contributed by atoms with van der Waals surface area (Å²) in [5.41, 5.74) is 1.27. The van der Waals surface area contributed by atoms with Crippen LogP contribution in [0.2, 0.25) is 0 Å². The van der Waals surface area contributed by atoms with Crippen molar-refractivity contribution in [3.8, 4) is 11.3 Å². The maximum absolute atomic E-state index is 11.5. The topological polar surface area (TPSA) is 67.7 Å². The minimum absolute atomic E-state index is 0.106. The molecule has 0 amide bonds. The largest absolute Gasteiger partial charge is 0.476 e. The third-order valence-corrected chi connectivity index (χ3v) is 3.49. The molecular formula is C16H10N2O3. The van der Waals surface area contributed by atoms with Crippen LogP contribution in [0.5, 0.6) is 0 Å². The van der Waals surface area contributed by atoms with E-state index in [1.807, 2.05) is 42.5 Å². The second-order valence-corrected chi connectivity index (χ2v) is 4.73. The van der Waals surface area contributed by atoms with Crippen LogP contribution in [-0.2, 0) is 0 Å². The lowest BCUT2D eigenvalue weighted by atomic mass is 10.0. The van der Waals surface area contributed by atoms with Crippen molar-refractivity contribution in [3.05, 3.63) is 60.6 Å². The lowest BCUT2D eigenvalue weighted by molar-refractivity contribution is 0.0690. The van der Waals surface area contributed by atoms with Crippen LogP contribution < -0.4 is 0 Å². The number of benzene rings is 2. The SMILES string of the molecule is O=C(O)c1c(-c2ccc3ccccc3c2)nc2occn12. The molecule has 0 aliphatic rings. The van der Waals surface area contributed by atoms with Crippen LogP contribution in [0.4, 0.5) is 0 Å². The predicted molar refractivity (Wildman–Crippen MR) is 77.4 cm³/mol. The van der Waals surface area contributed by atoms with Gasteiger partial charge in [-0.3, -0.25) is 4.40 Å². The van der Waals surface area contributed by atoms with Crippen molar-refractivity contribution >= 4 is 22.6 Å². The van der Waals surface area contributed by atoms with E-state index in [0.717, 1.165) is 16.3 Å². The van der Waals surface area contributed by atoms with Gasteiger partial charge in [-0.05, 0) is 16.8 Å². The number of fused-ring (bicyclic) bond motifs is 2. The molecule has 5 heteroatoms. The number of rotatable bonds is 2. The number of aromatic nitrogens is 2. The van der Waals surface area contributed by atoms with Gasteiger partial charge in [0, 0.05) is 11.8 Å². The van der Waals surface area contributed by atoms with Crippen molar-refractivity contribution in [2.75, 3.05) is 0 Å². The number of aromatic carboxylic acids is 1. The summed E-state index contributed by atoms with van der Waals surface area (Å²) in [6.45, 7) is 0. The normalized spacial score (nSPS) is 11.2. The molecule has 4 rings (SSSR count). The van der Waals surface area contributed by atoms with E-state index in [1.54, 1.807) is 6.20 Å². The Morgan fingerprint density at radius 2 is 1.95 bits per heavy atom. The lowest BCUT2D eigenvalue weighted by Gasteiger charge is -2.02. The fourth-order valence-corrected chi connectivity index (χ4v) is 2.53. The standard InChI is InChI=1S/C16H10N2O3/c19-15(20)14-13(17-16-18(14)7-8-21-16)12-6-5-10-3-1-2-4-11(10)9-12/h1-9H,(H,19,20). The molecule has 0 aliphatic carbocycles. The van der Waals surface area contributed by atoms with Crippen molar-refractivity contribution in [1.29, 1.82) is 0 Å². The fourth-order valence-electron chi connectivity index (χ4n) is 2.53. The first-order valence-electron chi connectivity index (χ1n) is 6.42. The molecule has 2 heterocycles.